The Bertz CT molecular complexity index is 540. The van der Waals surface area contributed by atoms with Crippen LogP contribution >= 0.6 is 0 Å². The van der Waals surface area contributed by atoms with Crippen LogP contribution in [0.4, 0.5) is 0 Å². The van der Waals surface area contributed by atoms with Crippen molar-refractivity contribution in [1.29, 1.82) is 0 Å². The molecular formula is C18H26O5. The van der Waals surface area contributed by atoms with E-state index in [9.17, 15) is 14.7 Å². The van der Waals surface area contributed by atoms with Crippen LogP contribution in [0.5, 0.6) is 0 Å². The molecule has 0 aromatic carbocycles. The van der Waals surface area contributed by atoms with Crippen molar-refractivity contribution in [3.05, 3.63) is 35.6 Å². The summed E-state index contributed by atoms with van der Waals surface area (Å²) in [4.78, 5) is 24.9. The van der Waals surface area contributed by atoms with Gasteiger partial charge < -0.3 is 14.6 Å². The fourth-order valence-electron chi connectivity index (χ4n) is 2.18. The van der Waals surface area contributed by atoms with Gasteiger partial charge in [-0.3, -0.25) is 4.79 Å². The minimum Gasteiger partial charge on any atom is -0.478 e. The highest BCUT2D eigenvalue weighted by molar-refractivity contribution is 6.22. The molecule has 0 saturated carbocycles. The zero-order chi connectivity index (χ0) is 17.6. The molecule has 0 fully saturated rings. The van der Waals surface area contributed by atoms with Gasteiger partial charge in [0.1, 0.15) is 11.3 Å². The molecule has 0 aromatic rings. The Hall–Kier alpha value is -1.88. The molecule has 5 heteroatoms. The molecule has 5 nitrogen and oxygen atoms in total. The lowest BCUT2D eigenvalue weighted by molar-refractivity contribution is -0.144. The van der Waals surface area contributed by atoms with Crippen LogP contribution in [0.3, 0.4) is 0 Å². The van der Waals surface area contributed by atoms with Crippen molar-refractivity contribution in [2.45, 2.75) is 65.3 Å². The summed E-state index contributed by atoms with van der Waals surface area (Å²) in [5.74, 6) is -0.968. The zero-order valence-corrected chi connectivity index (χ0v) is 14.5. The minimum atomic E-state index is -1.26. The Kier molecular flexibility index (Phi) is 6.76. The number of hydrogen-bond donors (Lipinski definition) is 1. The molecule has 1 aliphatic rings. The molecule has 0 spiro atoms. The second-order valence-corrected chi connectivity index (χ2v) is 6.04. The van der Waals surface area contributed by atoms with E-state index in [2.05, 4.69) is 0 Å². The Labute approximate surface area is 137 Å². The van der Waals surface area contributed by atoms with E-state index in [0.29, 0.717) is 0 Å². The summed E-state index contributed by atoms with van der Waals surface area (Å²) < 4.78 is 10.9. The highest BCUT2D eigenvalue weighted by Crippen LogP contribution is 2.35. The summed E-state index contributed by atoms with van der Waals surface area (Å²) in [7, 11) is 0. The molecule has 1 rings (SSSR count). The summed E-state index contributed by atoms with van der Waals surface area (Å²) in [5.41, 5.74) is -1.36. The molecule has 1 heterocycles. The Morgan fingerprint density at radius 3 is 2.52 bits per heavy atom. The van der Waals surface area contributed by atoms with Gasteiger partial charge in [-0.05, 0) is 40.2 Å². The van der Waals surface area contributed by atoms with E-state index in [0.717, 1.165) is 6.42 Å². The lowest BCUT2D eigenvalue weighted by atomic mass is 9.95. The number of esters is 1. The first-order valence-corrected chi connectivity index (χ1v) is 7.91. The lowest BCUT2D eigenvalue weighted by Gasteiger charge is -2.19. The first kappa shape index (κ1) is 19.2. The molecule has 0 bridgehead atoms. The molecule has 2 unspecified atom stereocenters. The number of ketones is 1. The number of aliphatic hydroxyl groups is 1. The van der Waals surface area contributed by atoms with Crippen LogP contribution in [0.15, 0.2) is 35.6 Å². The van der Waals surface area contributed by atoms with Gasteiger partial charge in [-0.25, -0.2) is 4.79 Å². The van der Waals surface area contributed by atoms with E-state index < -0.39 is 23.5 Å². The molecule has 0 amide bonds. The Balaban J connectivity index is 3.10. The third-order valence-corrected chi connectivity index (χ3v) is 3.22. The maximum absolute atomic E-state index is 12.7. The van der Waals surface area contributed by atoms with Crippen molar-refractivity contribution in [1.82, 2.24) is 0 Å². The van der Waals surface area contributed by atoms with Crippen LogP contribution in [0, 0.1) is 0 Å². The van der Waals surface area contributed by atoms with Crippen LogP contribution in [0.25, 0.3) is 0 Å². The van der Waals surface area contributed by atoms with Crippen LogP contribution < -0.4 is 0 Å². The summed E-state index contributed by atoms with van der Waals surface area (Å²) in [6, 6.07) is 0. The van der Waals surface area contributed by atoms with Gasteiger partial charge in [-0.2, -0.15) is 0 Å². The zero-order valence-electron chi connectivity index (χ0n) is 14.5. The number of Topliss-reactive ketones (excluding diaryl/α,β-unsaturated/α-hetero) is 1. The number of rotatable bonds is 7. The predicted molar refractivity (Wildman–Crippen MR) is 87.6 cm³/mol. The average molecular weight is 322 g/mol. The van der Waals surface area contributed by atoms with Gasteiger partial charge in [0.05, 0.1) is 12.2 Å². The molecule has 1 N–H and O–H groups in total. The topological polar surface area (TPSA) is 72.8 Å². The molecule has 128 valence electrons. The summed E-state index contributed by atoms with van der Waals surface area (Å²) >= 11 is 0. The Morgan fingerprint density at radius 1 is 1.35 bits per heavy atom. The average Bonchev–Trinajstić information content (AvgIpc) is 2.65. The second-order valence-electron chi connectivity index (χ2n) is 6.04. The maximum Gasteiger partial charge on any atom is 0.345 e. The van der Waals surface area contributed by atoms with E-state index in [1.54, 1.807) is 39.8 Å². The number of ether oxygens (including phenoxy) is 2. The van der Waals surface area contributed by atoms with Crippen LogP contribution in [0.1, 0.15) is 47.5 Å². The molecule has 1 aliphatic heterocycles. The molecule has 0 aliphatic carbocycles. The van der Waals surface area contributed by atoms with Crippen molar-refractivity contribution in [2.24, 2.45) is 0 Å². The smallest absolute Gasteiger partial charge is 0.345 e. The Morgan fingerprint density at radius 2 is 2.00 bits per heavy atom. The van der Waals surface area contributed by atoms with Gasteiger partial charge in [0.25, 0.3) is 0 Å². The maximum atomic E-state index is 12.7. The lowest BCUT2D eigenvalue weighted by Crippen LogP contribution is -2.33. The largest absolute Gasteiger partial charge is 0.478 e. The summed E-state index contributed by atoms with van der Waals surface area (Å²) in [6.07, 6.45) is 6.99. The number of hydrogen-bond acceptors (Lipinski definition) is 5. The van der Waals surface area contributed by atoms with Gasteiger partial charge in [0.15, 0.2) is 5.60 Å². The number of allylic oxidation sites excluding steroid dienone is 3. The molecule has 0 radical (unpaired) electrons. The van der Waals surface area contributed by atoms with E-state index in [-0.39, 0.29) is 23.9 Å². The van der Waals surface area contributed by atoms with Crippen molar-refractivity contribution in [3.8, 4) is 0 Å². The molecule has 0 aromatic heterocycles. The molecule has 2 atom stereocenters. The quantitative estimate of drug-likeness (QED) is 0.443. The van der Waals surface area contributed by atoms with Crippen molar-refractivity contribution in [3.63, 3.8) is 0 Å². The molecular weight excluding hydrogens is 296 g/mol. The van der Waals surface area contributed by atoms with Crippen molar-refractivity contribution < 1.29 is 24.2 Å². The minimum absolute atomic E-state index is 0.0858. The van der Waals surface area contributed by atoms with Crippen LogP contribution in [-0.4, -0.2) is 34.7 Å². The third-order valence-electron chi connectivity index (χ3n) is 3.22. The SMILES string of the molecule is CC/C=C/C=C/C1(C)OC(CC(C)O)=C(C(=O)OC(C)C)C1=O. The van der Waals surface area contributed by atoms with Gasteiger partial charge in [0, 0.05) is 6.42 Å². The highest BCUT2D eigenvalue weighted by atomic mass is 16.6. The van der Waals surface area contributed by atoms with E-state index >= 15 is 0 Å². The fraction of sp³-hybridized carbons (Fsp3) is 0.556. The normalized spacial score (nSPS) is 23.2. The van der Waals surface area contributed by atoms with Crippen molar-refractivity contribution in [2.75, 3.05) is 0 Å². The van der Waals surface area contributed by atoms with Crippen LogP contribution in [-0.2, 0) is 19.1 Å². The van der Waals surface area contributed by atoms with Gasteiger partial charge in [-0.1, -0.05) is 25.2 Å². The monoisotopic (exact) mass is 322 g/mol. The van der Waals surface area contributed by atoms with Gasteiger partial charge in [0.2, 0.25) is 5.78 Å². The summed E-state index contributed by atoms with van der Waals surface area (Å²) in [5, 5.41) is 9.59. The first-order chi connectivity index (χ1) is 10.7. The van der Waals surface area contributed by atoms with Gasteiger partial charge >= 0.3 is 5.97 Å². The second kappa shape index (κ2) is 8.11. The standard InChI is InChI=1S/C18H26O5/c1-6-7-8-9-10-18(5)16(20)15(17(21)22-12(2)3)14(23-18)11-13(4)19/h7-10,12-13,19H,6,11H2,1-5H3/b8-7+,10-9+. The van der Waals surface area contributed by atoms with Crippen LogP contribution in [0.2, 0.25) is 0 Å². The number of aliphatic hydroxyl groups excluding tert-OH is 1. The molecule has 0 saturated heterocycles. The van der Waals surface area contributed by atoms with E-state index in [4.69, 9.17) is 9.47 Å². The molecule has 23 heavy (non-hydrogen) atoms. The third kappa shape index (κ3) is 5.06. The number of carbonyl (C=O) groups excluding carboxylic acids is 2. The predicted octanol–water partition coefficient (Wildman–Crippen LogP) is 2.84. The summed E-state index contributed by atoms with van der Waals surface area (Å²) in [6.45, 7) is 8.60. The van der Waals surface area contributed by atoms with Crippen molar-refractivity contribution >= 4 is 11.8 Å². The highest BCUT2D eigenvalue weighted by Gasteiger charge is 2.47. The van der Waals surface area contributed by atoms with E-state index in [1.807, 2.05) is 19.1 Å². The van der Waals surface area contributed by atoms with Gasteiger partial charge in [-0.15, -0.1) is 0 Å². The fourth-order valence-corrected chi connectivity index (χ4v) is 2.18. The van der Waals surface area contributed by atoms with E-state index in [1.165, 1.54) is 0 Å². The number of carbonyl (C=O) groups is 2. The first-order valence-electron chi connectivity index (χ1n) is 7.91.